The number of nitrogens with zero attached hydrogens (tertiary/aromatic N) is 1. The van der Waals surface area contributed by atoms with Gasteiger partial charge in [-0.3, -0.25) is 0 Å². The largest absolute Gasteiger partial charge is 0.384 e. The first-order valence-electron chi connectivity index (χ1n) is 5.56. The van der Waals surface area contributed by atoms with E-state index < -0.39 is 5.60 Å². The van der Waals surface area contributed by atoms with E-state index in [2.05, 4.69) is 11.9 Å². The zero-order chi connectivity index (χ0) is 11.8. The molecule has 0 aromatic carbocycles. The smallest absolute Gasteiger partial charge is 0.180 e. The molecule has 5 heteroatoms. The summed E-state index contributed by atoms with van der Waals surface area (Å²) in [5, 5.41) is 11.2. The molecule has 2 rings (SSSR count). The zero-order valence-corrected chi connectivity index (χ0v) is 10.5. The van der Waals surface area contributed by atoms with Crippen LogP contribution in [-0.2, 0) is 10.3 Å². The molecule has 1 aromatic heterocycles. The predicted octanol–water partition coefficient (Wildman–Crippen LogP) is 1.89. The Labute approximate surface area is 99.5 Å². The molecule has 1 fully saturated rings. The summed E-state index contributed by atoms with van der Waals surface area (Å²) in [4.78, 5) is 4.86. The Balaban J connectivity index is 2.25. The number of anilines is 1. The molecular formula is C11H18N2O2S. The minimum absolute atomic E-state index is 0.244. The van der Waals surface area contributed by atoms with Crippen LogP contribution in [0.25, 0.3) is 0 Å². The van der Waals surface area contributed by atoms with Crippen molar-refractivity contribution in [2.24, 2.45) is 0 Å². The van der Waals surface area contributed by atoms with Gasteiger partial charge in [0.25, 0.3) is 0 Å². The van der Waals surface area contributed by atoms with E-state index >= 15 is 0 Å². The van der Waals surface area contributed by atoms with Crippen molar-refractivity contribution in [1.82, 2.24) is 4.98 Å². The van der Waals surface area contributed by atoms with Crippen molar-refractivity contribution in [3.05, 3.63) is 11.1 Å². The van der Waals surface area contributed by atoms with Crippen molar-refractivity contribution in [1.29, 1.82) is 0 Å². The zero-order valence-electron chi connectivity index (χ0n) is 9.69. The predicted molar refractivity (Wildman–Crippen MR) is 64.3 cm³/mol. The monoisotopic (exact) mass is 242 g/mol. The summed E-state index contributed by atoms with van der Waals surface area (Å²) in [6, 6.07) is 0. The Morgan fingerprint density at radius 2 is 2.44 bits per heavy atom. The van der Waals surface area contributed by atoms with Crippen molar-refractivity contribution in [2.45, 2.75) is 44.3 Å². The maximum absolute atomic E-state index is 10.7. The first-order chi connectivity index (χ1) is 7.47. The maximum Gasteiger partial charge on any atom is 0.180 e. The van der Waals surface area contributed by atoms with Crippen LogP contribution in [0.1, 0.15) is 38.0 Å². The van der Waals surface area contributed by atoms with Crippen molar-refractivity contribution in [3.63, 3.8) is 0 Å². The second-order valence-corrected chi connectivity index (χ2v) is 5.74. The third kappa shape index (κ3) is 2.07. The fraction of sp³-hybridized carbons (Fsp3) is 0.727. The average molecular weight is 242 g/mol. The molecule has 1 aliphatic heterocycles. The van der Waals surface area contributed by atoms with Crippen LogP contribution in [0.3, 0.4) is 0 Å². The molecule has 1 aromatic rings. The number of ether oxygens (including phenoxy) is 1. The highest BCUT2D eigenvalue weighted by atomic mass is 32.1. The van der Waals surface area contributed by atoms with Crippen LogP contribution in [0.5, 0.6) is 0 Å². The summed E-state index contributed by atoms with van der Waals surface area (Å²) < 4.78 is 5.73. The van der Waals surface area contributed by atoms with Crippen LogP contribution < -0.4 is 5.73 Å². The fourth-order valence-corrected chi connectivity index (χ4v) is 2.96. The van der Waals surface area contributed by atoms with Crippen molar-refractivity contribution in [2.75, 3.05) is 12.3 Å². The normalized spacial score (nSPS) is 35.2. The molecule has 0 saturated carbocycles. The van der Waals surface area contributed by atoms with Gasteiger partial charge < -0.3 is 15.6 Å². The van der Waals surface area contributed by atoms with E-state index in [-0.39, 0.29) is 5.60 Å². The Hall–Kier alpha value is -0.650. The molecule has 0 spiro atoms. The second-order valence-electron chi connectivity index (χ2n) is 4.67. The number of hydrogen-bond acceptors (Lipinski definition) is 5. The number of rotatable bonds is 2. The third-order valence-electron chi connectivity index (χ3n) is 3.36. The number of aliphatic hydroxyl groups is 1. The van der Waals surface area contributed by atoms with Gasteiger partial charge >= 0.3 is 0 Å². The average Bonchev–Trinajstić information content (AvgIpc) is 2.65. The number of aromatic nitrogens is 1. The van der Waals surface area contributed by atoms with Gasteiger partial charge in [-0.1, -0.05) is 18.3 Å². The lowest BCUT2D eigenvalue weighted by Gasteiger charge is -2.42. The highest BCUT2D eigenvalue weighted by molar-refractivity contribution is 7.15. The lowest BCUT2D eigenvalue weighted by atomic mass is 9.81. The standard InChI is InChI=1S/C11H18N2O2S/c1-3-10(2)7-11(14,4-5-15-10)8-6-13-9(12)16-8/h6,14H,3-5,7H2,1-2H3,(H2,12,13). The topological polar surface area (TPSA) is 68.4 Å². The highest BCUT2D eigenvalue weighted by Crippen LogP contribution is 2.42. The molecule has 3 N–H and O–H groups in total. The summed E-state index contributed by atoms with van der Waals surface area (Å²) in [6.07, 6.45) is 3.80. The SMILES string of the molecule is CCC1(C)CC(O)(c2cnc(N)s2)CCO1. The Morgan fingerprint density at radius 1 is 1.69 bits per heavy atom. The number of thiazole rings is 1. The van der Waals surface area contributed by atoms with Crippen LogP contribution in [0.15, 0.2) is 6.20 Å². The van der Waals surface area contributed by atoms with E-state index in [1.165, 1.54) is 11.3 Å². The Bertz CT molecular complexity index is 382. The van der Waals surface area contributed by atoms with E-state index in [0.29, 0.717) is 24.6 Å². The van der Waals surface area contributed by atoms with Gasteiger partial charge in [0.2, 0.25) is 0 Å². The van der Waals surface area contributed by atoms with Crippen LogP contribution in [0.2, 0.25) is 0 Å². The molecule has 16 heavy (non-hydrogen) atoms. The second kappa shape index (κ2) is 3.98. The molecule has 0 amide bonds. The maximum atomic E-state index is 10.7. The van der Waals surface area contributed by atoms with Crippen LogP contribution >= 0.6 is 11.3 Å². The molecule has 0 radical (unpaired) electrons. The van der Waals surface area contributed by atoms with Crippen molar-refractivity contribution in [3.8, 4) is 0 Å². The van der Waals surface area contributed by atoms with Gasteiger partial charge in [-0.2, -0.15) is 0 Å². The van der Waals surface area contributed by atoms with Gasteiger partial charge in [-0.25, -0.2) is 4.98 Å². The number of nitrogens with two attached hydrogens (primary N) is 1. The van der Waals surface area contributed by atoms with Crippen LogP contribution in [0, 0.1) is 0 Å². The van der Waals surface area contributed by atoms with Gasteiger partial charge in [-0.05, 0) is 13.3 Å². The lowest BCUT2D eigenvalue weighted by molar-refractivity contribution is -0.156. The van der Waals surface area contributed by atoms with E-state index in [9.17, 15) is 5.11 Å². The summed E-state index contributed by atoms with van der Waals surface area (Å²) in [5.41, 5.74) is 4.54. The van der Waals surface area contributed by atoms with Gasteiger partial charge in [-0.15, -0.1) is 0 Å². The quantitative estimate of drug-likeness (QED) is 0.831. The van der Waals surface area contributed by atoms with Crippen molar-refractivity contribution < 1.29 is 9.84 Å². The van der Waals surface area contributed by atoms with Gasteiger partial charge in [0.1, 0.15) is 5.60 Å². The minimum atomic E-state index is -0.821. The van der Waals surface area contributed by atoms with Crippen LogP contribution in [-0.4, -0.2) is 22.3 Å². The molecule has 2 unspecified atom stereocenters. The molecule has 1 aliphatic rings. The Kier molecular flexibility index (Phi) is 2.94. The van der Waals surface area contributed by atoms with E-state index in [0.717, 1.165) is 11.3 Å². The molecular weight excluding hydrogens is 224 g/mol. The molecule has 90 valence electrons. The summed E-state index contributed by atoms with van der Waals surface area (Å²) in [7, 11) is 0. The van der Waals surface area contributed by atoms with E-state index in [1.807, 2.05) is 6.92 Å². The third-order valence-corrected chi connectivity index (χ3v) is 4.38. The summed E-state index contributed by atoms with van der Waals surface area (Å²) in [6.45, 7) is 4.70. The number of hydrogen-bond donors (Lipinski definition) is 2. The molecule has 0 bridgehead atoms. The highest BCUT2D eigenvalue weighted by Gasteiger charge is 2.43. The summed E-state index contributed by atoms with van der Waals surface area (Å²) in [5.74, 6) is 0. The summed E-state index contributed by atoms with van der Waals surface area (Å²) >= 11 is 1.37. The van der Waals surface area contributed by atoms with Crippen LogP contribution in [0.4, 0.5) is 5.13 Å². The fourth-order valence-electron chi connectivity index (χ4n) is 2.16. The molecule has 4 nitrogen and oxygen atoms in total. The lowest BCUT2D eigenvalue weighted by Crippen LogP contribution is -2.45. The molecule has 0 aliphatic carbocycles. The van der Waals surface area contributed by atoms with Gasteiger partial charge in [0.15, 0.2) is 5.13 Å². The van der Waals surface area contributed by atoms with E-state index in [1.54, 1.807) is 6.20 Å². The van der Waals surface area contributed by atoms with Gasteiger partial charge in [0.05, 0.1) is 17.1 Å². The first-order valence-corrected chi connectivity index (χ1v) is 6.37. The molecule has 1 saturated heterocycles. The molecule has 2 atom stereocenters. The minimum Gasteiger partial charge on any atom is -0.384 e. The number of nitrogen functional groups attached to an aromatic ring is 1. The van der Waals surface area contributed by atoms with Gasteiger partial charge in [0, 0.05) is 19.0 Å². The first kappa shape index (κ1) is 11.8. The molecule has 2 heterocycles. The van der Waals surface area contributed by atoms with E-state index in [4.69, 9.17) is 10.5 Å². The Morgan fingerprint density at radius 3 is 3.00 bits per heavy atom. The van der Waals surface area contributed by atoms with Crippen molar-refractivity contribution >= 4 is 16.5 Å².